The maximum Gasteiger partial charge on any atom is 0.240 e. The Balaban J connectivity index is 1.54. The molecule has 0 aliphatic rings. The third-order valence-electron chi connectivity index (χ3n) is 3.01. The highest BCUT2D eigenvalue weighted by molar-refractivity contribution is 9.11. The summed E-state index contributed by atoms with van der Waals surface area (Å²) in [5, 5.41) is 7.81. The molecular weight excluding hydrogens is 504 g/mol. The van der Waals surface area contributed by atoms with E-state index in [4.69, 9.17) is 0 Å². The lowest BCUT2D eigenvalue weighted by Gasteiger charge is -2.00. The second-order valence-electron chi connectivity index (χ2n) is 5.08. The minimum absolute atomic E-state index is 0.168. The Labute approximate surface area is 176 Å². The lowest BCUT2D eigenvalue weighted by molar-refractivity contribution is -0.123. The molecule has 2 amide bonds. The number of hydrazone groups is 2. The van der Waals surface area contributed by atoms with E-state index >= 15 is 0 Å². The smallest absolute Gasteiger partial charge is 0.240 e. The number of rotatable bonds is 9. The van der Waals surface area contributed by atoms with Gasteiger partial charge in [0, 0.05) is 22.6 Å². The molecule has 26 heavy (non-hydrogen) atoms. The summed E-state index contributed by atoms with van der Waals surface area (Å²) in [6, 6.07) is 7.65. The van der Waals surface area contributed by atoms with Crippen molar-refractivity contribution in [3.63, 3.8) is 0 Å². The van der Waals surface area contributed by atoms with Crippen LogP contribution < -0.4 is 10.9 Å². The SMILES string of the molecule is O=C(CCCCC(=O)NN=Cc1ccc(Br)s1)NN=Cc1ccc(Br)s1. The Morgan fingerprint density at radius 3 is 1.62 bits per heavy atom. The average molecular weight is 520 g/mol. The van der Waals surface area contributed by atoms with Crippen molar-refractivity contribution >= 4 is 78.8 Å². The van der Waals surface area contributed by atoms with Gasteiger partial charge in [-0.2, -0.15) is 10.2 Å². The Morgan fingerprint density at radius 2 is 1.27 bits per heavy atom. The van der Waals surface area contributed by atoms with Gasteiger partial charge >= 0.3 is 0 Å². The Hall–Kier alpha value is -1.36. The molecule has 138 valence electrons. The van der Waals surface area contributed by atoms with E-state index in [9.17, 15) is 9.59 Å². The largest absolute Gasteiger partial charge is 0.273 e. The van der Waals surface area contributed by atoms with Crippen molar-refractivity contribution in [3.05, 3.63) is 41.6 Å². The first-order valence-corrected chi connectivity index (χ1v) is 10.9. The van der Waals surface area contributed by atoms with Gasteiger partial charge in [0.2, 0.25) is 11.8 Å². The number of hydrogen-bond acceptors (Lipinski definition) is 6. The molecular formula is C16H16Br2N4O2S2. The number of amides is 2. The van der Waals surface area contributed by atoms with Crippen molar-refractivity contribution in [1.29, 1.82) is 0 Å². The third-order valence-corrected chi connectivity index (χ3v) is 6.12. The van der Waals surface area contributed by atoms with Crippen molar-refractivity contribution in [2.24, 2.45) is 10.2 Å². The first-order valence-electron chi connectivity index (χ1n) is 7.67. The number of halogens is 2. The Bertz CT molecular complexity index is 736. The molecule has 0 atom stereocenters. The van der Waals surface area contributed by atoms with E-state index in [1.807, 2.05) is 24.3 Å². The molecule has 6 nitrogen and oxygen atoms in total. The molecule has 0 saturated carbocycles. The van der Waals surface area contributed by atoms with Gasteiger partial charge in [0.15, 0.2) is 0 Å². The minimum atomic E-state index is -0.168. The molecule has 0 aliphatic carbocycles. The van der Waals surface area contributed by atoms with E-state index in [1.165, 1.54) is 22.7 Å². The molecule has 10 heteroatoms. The number of unbranched alkanes of at least 4 members (excludes halogenated alkanes) is 1. The molecule has 2 heterocycles. The van der Waals surface area contributed by atoms with E-state index in [0.29, 0.717) is 25.7 Å². The van der Waals surface area contributed by atoms with Crippen LogP contribution in [-0.4, -0.2) is 24.2 Å². The summed E-state index contributed by atoms with van der Waals surface area (Å²) in [6.45, 7) is 0. The molecule has 2 aromatic heterocycles. The fourth-order valence-corrected chi connectivity index (χ4v) is 4.41. The normalized spacial score (nSPS) is 11.3. The molecule has 0 saturated heterocycles. The van der Waals surface area contributed by atoms with Crippen LogP contribution in [0, 0.1) is 0 Å². The molecule has 0 radical (unpaired) electrons. The van der Waals surface area contributed by atoms with Crippen molar-refractivity contribution in [2.75, 3.05) is 0 Å². The highest BCUT2D eigenvalue weighted by atomic mass is 79.9. The van der Waals surface area contributed by atoms with Gasteiger partial charge in [-0.1, -0.05) is 0 Å². The zero-order chi connectivity index (χ0) is 18.8. The number of thiophene rings is 2. The van der Waals surface area contributed by atoms with Crippen LogP contribution in [0.25, 0.3) is 0 Å². The maximum atomic E-state index is 11.7. The van der Waals surface area contributed by atoms with E-state index in [1.54, 1.807) is 12.4 Å². The molecule has 0 aromatic carbocycles. The summed E-state index contributed by atoms with van der Waals surface area (Å²) in [5.74, 6) is -0.336. The summed E-state index contributed by atoms with van der Waals surface area (Å²) in [4.78, 5) is 25.2. The monoisotopic (exact) mass is 518 g/mol. The Morgan fingerprint density at radius 1 is 0.846 bits per heavy atom. The van der Waals surface area contributed by atoms with Crippen LogP contribution in [0.15, 0.2) is 42.0 Å². The summed E-state index contributed by atoms with van der Waals surface area (Å²) in [6.07, 6.45) is 5.08. The molecule has 0 fully saturated rings. The topological polar surface area (TPSA) is 82.9 Å². The lowest BCUT2D eigenvalue weighted by atomic mass is 10.2. The van der Waals surface area contributed by atoms with Gasteiger partial charge in [-0.05, 0) is 69.0 Å². The number of hydrogen-bond donors (Lipinski definition) is 2. The van der Waals surface area contributed by atoms with E-state index in [2.05, 4.69) is 52.9 Å². The highest BCUT2D eigenvalue weighted by Crippen LogP contribution is 2.20. The highest BCUT2D eigenvalue weighted by Gasteiger charge is 2.03. The van der Waals surface area contributed by atoms with Gasteiger partial charge in [-0.3, -0.25) is 9.59 Å². The predicted octanol–water partition coefficient (Wildman–Crippen LogP) is 4.50. The van der Waals surface area contributed by atoms with Gasteiger partial charge in [-0.15, -0.1) is 22.7 Å². The van der Waals surface area contributed by atoms with Crippen LogP contribution in [0.4, 0.5) is 0 Å². The lowest BCUT2D eigenvalue weighted by Crippen LogP contribution is -2.18. The summed E-state index contributed by atoms with van der Waals surface area (Å²) < 4.78 is 2.02. The molecule has 0 aliphatic heterocycles. The van der Waals surface area contributed by atoms with Crippen LogP contribution in [0.5, 0.6) is 0 Å². The standard InChI is InChI=1S/C16H16Br2N4O2S2/c17-13-7-5-11(25-13)9-19-21-15(23)3-1-2-4-16(24)22-20-10-12-6-8-14(18)26-12/h5-10H,1-4H2,(H,21,23)(H,22,24). The number of carbonyl (C=O) groups is 2. The zero-order valence-electron chi connectivity index (χ0n) is 13.6. The first-order chi connectivity index (χ1) is 12.5. The van der Waals surface area contributed by atoms with Crippen LogP contribution >= 0.6 is 54.5 Å². The quantitative estimate of drug-likeness (QED) is 0.290. The average Bonchev–Trinajstić information content (AvgIpc) is 3.20. The predicted molar refractivity (Wildman–Crippen MR) is 114 cm³/mol. The molecule has 0 spiro atoms. The van der Waals surface area contributed by atoms with E-state index in [0.717, 1.165) is 17.3 Å². The molecule has 0 unspecified atom stereocenters. The number of carbonyl (C=O) groups excluding carboxylic acids is 2. The van der Waals surface area contributed by atoms with Gasteiger partial charge in [-0.25, -0.2) is 10.9 Å². The first kappa shape index (κ1) is 20.9. The third kappa shape index (κ3) is 8.35. The van der Waals surface area contributed by atoms with Crippen LogP contribution in [0.3, 0.4) is 0 Å². The fourth-order valence-electron chi connectivity index (χ4n) is 1.81. The second kappa shape index (κ2) is 11.4. The van der Waals surface area contributed by atoms with E-state index < -0.39 is 0 Å². The molecule has 2 N–H and O–H groups in total. The number of nitrogens with one attached hydrogen (secondary N) is 2. The minimum Gasteiger partial charge on any atom is -0.273 e. The van der Waals surface area contributed by atoms with Crippen molar-refractivity contribution in [2.45, 2.75) is 25.7 Å². The van der Waals surface area contributed by atoms with Crippen molar-refractivity contribution in [1.82, 2.24) is 10.9 Å². The molecule has 2 aromatic rings. The van der Waals surface area contributed by atoms with Crippen LogP contribution in [-0.2, 0) is 9.59 Å². The molecule has 0 bridgehead atoms. The van der Waals surface area contributed by atoms with Crippen molar-refractivity contribution in [3.8, 4) is 0 Å². The van der Waals surface area contributed by atoms with Crippen LogP contribution in [0.2, 0.25) is 0 Å². The molecule has 2 rings (SSSR count). The summed E-state index contributed by atoms with van der Waals surface area (Å²) >= 11 is 9.78. The van der Waals surface area contributed by atoms with Crippen LogP contribution in [0.1, 0.15) is 35.4 Å². The Kier molecular flexibility index (Phi) is 9.16. The second-order valence-corrected chi connectivity index (χ2v) is 10.1. The fraction of sp³-hybridized carbons (Fsp3) is 0.250. The number of nitrogens with zero attached hydrogens (tertiary/aromatic N) is 2. The van der Waals surface area contributed by atoms with Gasteiger partial charge in [0.05, 0.1) is 20.0 Å². The maximum absolute atomic E-state index is 11.7. The summed E-state index contributed by atoms with van der Waals surface area (Å²) in [7, 11) is 0. The van der Waals surface area contributed by atoms with Gasteiger partial charge in [0.1, 0.15) is 0 Å². The summed E-state index contributed by atoms with van der Waals surface area (Å²) in [5.41, 5.74) is 4.96. The van der Waals surface area contributed by atoms with E-state index in [-0.39, 0.29) is 11.8 Å². The van der Waals surface area contributed by atoms with Gasteiger partial charge in [0.25, 0.3) is 0 Å². The zero-order valence-corrected chi connectivity index (χ0v) is 18.4. The van der Waals surface area contributed by atoms with Gasteiger partial charge < -0.3 is 0 Å². The van der Waals surface area contributed by atoms with Crippen molar-refractivity contribution < 1.29 is 9.59 Å².